The maximum atomic E-state index is 8.62. The third kappa shape index (κ3) is 2.94. The van der Waals surface area contributed by atoms with Crippen molar-refractivity contribution in [3.8, 4) is 6.07 Å². The van der Waals surface area contributed by atoms with Gasteiger partial charge in [-0.15, -0.1) is 0 Å². The van der Waals surface area contributed by atoms with E-state index in [0.717, 1.165) is 6.42 Å². The second-order valence-corrected chi connectivity index (χ2v) is 9.69. The van der Waals surface area contributed by atoms with Crippen molar-refractivity contribution < 1.29 is 0 Å². The third-order valence-electron chi connectivity index (χ3n) is 3.44. The molecule has 1 atom stereocenters. The molecule has 0 radical (unpaired) electrons. The van der Waals surface area contributed by atoms with Gasteiger partial charge in [0.1, 0.15) is 0 Å². The summed E-state index contributed by atoms with van der Waals surface area (Å²) in [6.07, 6.45) is 1.72. The predicted octanol–water partition coefficient (Wildman–Crippen LogP) is 3.30. The Kier molecular flexibility index (Phi) is 4.11. The van der Waals surface area contributed by atoms with E-state index in [2.05, 4.69) is 56.4 Å². The van der Waals surface area contributed by atoms with Gasteiger partial charge in [0.25, 0.3) is 0 Å². The molecular formula is C13H19NSi. The van der Waals surface area contributed by atoms with Crippen LogP contribution in [-0.2, 0) is 0 Å². The molecule has 80 valence electrons. The fourth-order valence-corrected chi connectivity index (χ4v) is 4.28. The summed E-state index contributed by atoms with van der Waals surface area (Å²) < 4.78 is 0. The highest BCUT2D eigenvalue weighted by Gasteiger charge is 2.29. The van der Waals surface area contributed by atoms with Crippen LogP contribution in [0, 0.1) is 11.3 Å². The molecule has 1 unspecified atom stereocenters. The maximum Gasteiger partial charge on any atom is 0.0834 e. The van der Waals surface area contributed by atoms with Crippen LogP contribution in [0.1, 0.15) is 19.8 Å². The summed E-state index contributed by atoms with van der Waals surface area (Å²) >= 11 is 0. The molecule has 0 aliphatic carbocycles. The van der Waals surface area contributed by atoms with Crippen LogP contribution in [-0.4, -0.2) is 8.07 Å². The molecule has 0 aromatic heterocycles. The summed E-state index contributed by atoms with van der Waals surface area (Å²) in [5, 5.41) is 10.1. The zero-order valence-corrected chi connectivity index (χ0v) is 10.8. The smallest absolute Gasteiger partial charge is 0.0834 e. The zero-order chi connectivity index (χ0) is 11.3. The van der Waals surface area contributed by atoms with E-state index in [-0.39, 0.29) is 0 Å². The second-order valence-electron chi connectivity index (χ2n) is 4.69. The molecule has 1 rings (SSSR count). The molecule has 2 heteroatoms. The van der Waals surface area contributed by atoms with Crippen molar-refractivity contribution in [2.24, 2.45) is 0 Å². The molecule has 0 saturated carbocycles. The highest BCUT2D eigenvalue weighted by Crippen LogP contribution is 2.25. The van der Waals surface area contributed by atoms with E-state index in [1.54, 1.807) is 0 Å². The lowest BCUT2D eigenvalue weighted by atomic mass is 10.3. The Morgan fingerprint density at radius 3 is 2.40 bits per heavy atom. The summed E-state index contributed by atoms with van der Waals surface area (Å²) in [5.41, 5.74) is 0.666. The van der Waals surface area contributed by atoms with Gasteiger partial charge in [-0.1, -0.05) is 55.5 Å². The highest BCUT2D eigenvalue weighted by atomic mass is 28.3. The van der Waals surface area contributed by atoms with Gasteiger partial charge in [-0.05, 0) is 12.0 Å². The zero-order valence-electron chi connectivity index (χ0n) is 9.83. The molecule has 1 aromatic rings. The van der Waals surface area contributed by atoms with Crippen LogP contribution in [0.2, 0.25) is 18.6 Å². The molecule has 0 N–H and O–H groups in total. The number of hydrogen-bond donors (Lipinski definition) is 0. The van der Waals surface area contributed by atoms with Crippen molar-refractivity contribution >= 4 is 13.3 Å². The minimum absolute atomic E-state index is 0.666. The van der Waals surface area contributed by atoms with E-state index in [4.69, 9.17) is 5.26 Å². The third-order valence-corrected chi connectivity index (χ3v) is 8.01. The quantitative estimate of drug-likeness (QED) is 0.710. The summed E-state index contributed by atoms with van der Waals surface area (Å²) in [4.78, 5) is 0. The highest BCUT2D eigenvalue weighted by molar-refractivity contribution is 6.90. The van der Waals surface area contributed by atoms with Gasteiger partial charge >= 0.3 is 0 Å². The fraction of sp³-hybridized carbons (Fsp3) is 0.462. The van der Waals surface area contributed by atoms with Crippen LogP contribution in [0.4, 0.5) is 0 Å². The van der Waals surface area contributed by atoms with E-state index in [1.807, 2.05) is 0 Å². The molecule has 0 heterocycles. The van der Waals surface area contributed by atoms with Crippen LogP contribution in [0.5, 0.6) is 0 Å². The molecular weight excluding hydrogens is 198 g/mol. The van der Waals surface area contributed by atoms with Crippen molar-refractivity contribution in [3.63, 3.8) is 0 Å². The lowest BCUT2D eigenvalue weighted by Crippen LogP contribution is -2.44. The minimum Gasteiger partial charge on any atom is -0.198 e. The molecule has 0 saturated heterocycles. The fourth-order valence-electron chi connectivity index (χ4n) is 1.79. The lowest BCUT2D eigenvalue weighted by molar-refractivity contribution is 0.793. The summed E-state index contributed by atoms with van der Waals surface area (Å²) in [6.45, 7) is 7.07. The van der Waals surface area contributed by atoms with Gasteiger partial charge in [-0.25, -0.2) is 0 Å². The Bertz CT molecular complexity index is 337. The molecule has 0 fully saturated rings. The molecule has 1 aromatic carbocycles. The minimum atomic E-state index is -1.37. The molecule has 15 heavy (non-hydrogen) atoms. The summed E-state index contributed by atoms with van der Waals surface area (Å²) in [7, 11) is -1.37. The number of hydrogen-bond acceptors (Lipinski definition) is 1. The van der Waals surface area contributed by atoms with Gasteiger partial charge in [0.15, 0.2) is 0 Å². The number of benzene rings is 1. The second kappa shape index (κ2) is 5.13. The van der Waals surface area contributed by atoms with Gasteiger partial charge < -0.3 is 0 Å². The van der Waals surface area contributed by atoms with Crippen LogP contribution in [0.25, 0.3) is 0 Å². The molecule has 1 nitrogen and oxygen atoms in total. The monoisotopic (exact) mass is 217 g/mol. The predicted molar refractivity (Wildman–Crippen MR) is 67.8 cm³/mol. The normalized spacial score (nSPS) is 13.2. The Labute approximate surface area is 93.8 Å². The Morgan fingerprint density at radius 1 is 1.27 bits per heavy atom. The van der Waals surface area contributed by atoms with E-state index in [9.17, 15) is 0 Å². The lowest BCUT2D eigenvalue weighted by Gasteiger charge is -2.29. The van der Waals surface area contributed by atoms with E-state index in [1.165, 1.54) is 5.19 Å². The van der Waals surface area contributed by atoms with Gasteiger partial charge in [0.05, 0.1) is 14.1 Å². The first-order valence-corrected chi connectivity index (χ1v) is 8.59. The number of nitriles is 1. The molecule has 0 bridgehead atoms. The topological polar surface area (TPSA) is 23.8 Å². The van der Waals surface area contributed by atoms with Crippen molar-refractivity contribution in [2.75, 3.05) is 0 Å². The number of nitrogens with zero attached hydrogens (tertiary/aromatic N) is 1. The van der Waals surface area contributed by atoms with Crippen LogP contribution in [0.3, 0.4) is 0 Å². The summed E-state index contributed by atoms with van der Waals surface area (Å²) in [5.74, 6) is 0. The Hall–Kier alpha value is -1.07. The molecule has 0 spiro atoms. The van der Waals surface area contributed by atoms with Crippen molar-refractivity contribution in [1.29, 1.82) is 5.26 Å². The van der Waals surface area contributed by atoms with Crippen LogP contribution < -0.4 is 5.19 Å². The van der Waals surface area contributed by atoms with Crippen molar-refractivity contribution in [2.45, 2.75) is 38.4 Å². The Morgan fingerprint density at radius 2 is 1.87 bits per heavy atom. The average molecular weight is 217 g/mol. The van der Waals surface area contributed by atoms with Gasteiger partial charge in [-0.2, -0.15) is 5.26 Å². The van der Waals surface area contributed by atoms with Gasteiger partial charge in [-0.3, -0.25) is 0 Å². The van der Waals surface area contributed by atoms with Crippen LogP contribution >= 0.6 is 0 Å². The van der Waals surface area contributed by atoms with E-state index in [0.29, 0.717) is 12.0 Å². The first-order chi connectivity index (χ1) is 7.09. The van der Waals surface area contributed by atoms with E-state index < -0.39 is 8.07 Å². The molecule has 0 aliphatic heterocycles. The summed E-state index contributed by atoms with van der Waals surface area (Å²) in [6, 6.07) is 13.0. The largest absolute Gasteiger partial charge is 0.198 e. The first-order valence-electron chi connectivity index (χ1n) is 5.51. The Balaban J connectivity index is 2.79. The first kappa shape index (κ1) is 12.0. The molecule has 0 aliphatic rings. The maximum absolute atomic E-state index is 8.62. The SMILES string of the molecule is CC(CCC#N)[Si](C)(C)c1ccccc1. The van der Waals surface area contributed by atoms with E-state index >= 15 is 0 Å². The van der Waals surface area contributed by atoms with Crippen molar-refractivity contribution in [3.05, 3.63) is 30.3 Å². The molecule has 0 amide bonds. The van der Waals surface area contributed by atoms with Gasteiger partial charge in [0.2, 0.25) is 0 Å². The van der Waals surface area contributed by atoms with Crippen LogP contribution in [0.15, 0.2) is 30.3 Å². The standard InChI is InChI=1S/C13H19NSi/c1-12(8-7-11-14)15(2,3)13-9-5-4-6-10-13/h4-6,9-10,12H,7-8H2,1-3H3. The van der Waals surface area contributed by atoms with Gasteiger partial charge in [0, 0.05) is 6.42 Å². The average Bonchev–Trinajstić information content (AvgIpc) is 2.27. The van der Waals surface area contributed by atoms with Crippen molar-refractivity contribution in [1.82, 2.24) is 0 Å². The number of rotatable bonds is 4.